The molecule has 0 fully saturated rings. The Morgan fingerprint density at radius 2 is 2.24 bits per heavy atom. The summed E-state index contributed by atoms with van der Waals surface area (Å²) >= 11 is 0. The number of rotatable bonds is 5. The molecule has 1 aromatic rings. The van der Waals surface area contributed by atoms with Crippen molar-refractivity contribution in [3.8, 4) is 0 Å². The topological polar surface area (TPSA) is 62.2 Å². The molecule has 0 aliphatic heterocycles. The van der Waals surface area contributed by atoms with Crippen molar-refractivity contribution in [2.45, 2.75) is 26.4 Å². The zero-order valence-corrected chi connectivity index (χ0v) is 9.98. The molecule has 17 heavy (non-hydrogen) atoms. The number of hydrogen-bond acceptors (Lipinski definition) is 3. The summed E-state index contributed by atoms with van der Waals surface area (Å²) < 4.78 is 12.5. The van der Waals surface area contributed by atoms with Crippen LogP contribution in [-0.4, -0.2) is 28.6 Å². The second-order valence-electron chi connectivity index (χ2n) is 4.36. The molecule has 0 spiro atoms. The molecule has 0 aliphatic rings. The molecule has 4 nitrogen and oxygen atoms in total. The van der Waals surface area contributed by atoms with Crippen LogP contribution in [-0.2, 0) is 0 Å². The van der Waals surface area contributed by atoms with E-state index in [1.807, 2.05) is 13.8 Å². The number of carbonyl (C=O) groups excluding carboxylic acids is 1. The lowest BCUT2D eigenvalue weighted by Gasteiger charge is -2.13. The van der Waals surface area contributed by atoms with E-state index in [2.05, 4.69) is 10.3 Å². The Morgan fingerprint density at radius 3 is 2.76 bits per heavy atom. The second-order valence-corrected chi connectivity index (χ2v) is 4.36. The standard InChI is InChI=1S/C12H17FN2O2/c1-8(2)5-10(16)7-15-12(17)9-3-4-11(13)14-6-9/h3-4,6,8,10,16H,5,7H2,1-2H3,(H,15,17). The van der Waals surface area contributed by atoms with Crippen molar-refractivity contribution < 1.29 is 14.3 Å². The third-order valence-corrected chi connectivity index (χ3v) is 2.23. The van der Waals surface area contributed by atoms with Gasteiger partial charge in [0.2, 0.25) is 5.95 Å². The zero-order valence-electron chi connectivity index (χ0n) is 9.98. The molecular formula is C12H17FN2O2. The normalized spacial score (nSPS) is 12.5. The van der Waals surface area contributed by atoms with Crippen LogP contribution in [0.15, 0.2) is 18.3 Å². The fourth-order valence-electron chi connectivity index (χ4n) is 1.45. The van der Waals surface area contributed by atoms with Crippen molar-refractivity contribution in [2.75, 3.05) is 6.54 Å². The fraction of sp³-hybridized carbons (Fsp3) is 0.500. The largest absolute Gasteiger partial charge is 0.391 e. The van der Waals surface area contributed by atoms with Gasteiger partial charge in [0.15, 0.2) is 0 Å². The summed E-state index contributed by atoms with van der Waals surface area (Å²) in [6.45, 7) is 4.18. The third kappa shape index (κ3) is 4.91. The minimum atomic E-state index is -0.624. The molecule has 0 saturated carbocycles. The monoisotopic (exact) mass is 240 g/mol. The van der Waals surface area contributed by atoms with Crippen molar-refractivity contribution in [3.63, 3.8) is 0 Å². The van der Waals surface area contributed by atoms with E-state index in [9.17, 15) is 14.3 Å². The summed E-state index contributed by atoms with van der Waals surface area (Å²) in [5.74, 6) is -0.615. The quantitative estimate of drug-likeness (QED) is 0.764. The average molecular weight is 240 g/mol. The number of pyridine rings is 1. The van der Waals surface area contributed by atoms with E-state index in [-0.39, 0.29) is 18.0 Å². The lowest BCUT2D eigenvalue weighted by Crippen LogP contribution is -2.32. The number of hydrogen-bond donors (Lipinski definition) is 2. The van der Waals surface area contributed by atoms with Gasteiger partial charge in [0.25, 0.3) is 5.91 Å². The first-order chi connectivity index (χ1) is 7.99. The van der Waals surface area contributed by atoms with Gasteiger partial charge in [-0.05, 0) is 24.5 Å². The Hall–Kier alpha value is -1.49. The van der Waals surface area contributed by atoms with Crippen LogP contribution in [0.4, 0.5) is 4.39 Å². The average Bonchev–Trinajstić information content (AvgIpc) is 2.26. The van der Waals surface area contributed by atoms with Gasteiger partial charge in [-0.2, -0.15) is 4.39 Å². The Labute approximate surface area is 99.9 Å². The number of aliphatic hydroxyl groups is 1. The highest BCUT2D eigenvalue weighted by Crippen LogP contribution is 2.04. The van der Waals surface area contributed by atoms with Crippen molar-refractivity contribution in [1.29, 1.82) is 0 Å². The molecule has 0 bridgehead atoms. The smallest absolute Gasteiger partial charge is 0.252 e. The van der Waals surface area contributed by atoms with Crippen molar-refractivity contribution in [1.82, 2.24) is 10.3 Å². The van der Waals surface area contributed by atoms with Crippen LogP contribution in [0.25, 0.3) is 0 Å². The maximum absolute atomic E-state index is 12.5. The van der Waals surface area contributed by atoms with Gasteiger partial charge >= 0.3 is 0 Å². The zero-order chi connectivity index (χ0) is 12.8. The molecule has 0 aliphatic carbocycles. The maximum Gasteiger partial charge on any atom is 0.252 e. The highest BCUT2D eigenvalue weighted by Gasteiger charge is 2.10. The number of amides is 1. The summed E-state index contributed by atoms with van der Waals surface area (Å²) in [6.07, 6.45) is 1.23. The van der Waals surface area contributed by atoms with E-state index in [0.29, 0.717) is 12.3 Å². The number of halogens is 1. The minimum absolute atomic E-state index is 0.189. The summed E-state index contributed by atoms with van der Waals surface area (Å²) in [5.41, 5.74) is 0.281. The summed E-state index contributed by atoms with van der Waals surface area (Å²) in [6, 6.07) is 2.48. The Morgan fingerprint density at radius 1 is 1.53 bits per heavy atom. The van der Waals surface area contributed by atoms with Crippen LogP contribution in [0.1, 0.15) is 30.6 Å². The number of aromatic nitrogens is 1. The van der Waals surface area contributed by atoms with Crippen LogP contribution in [0, 0.1) is 11.9 Å². The van der Waals surface area contributed by atoms with Gasteiger partial charge in [0.05, 0.1) is 11.7 Å². The first-order valence-electron chi connectivity index (χ1n) is 5.57. The van der Waals surface area contributed by atoms with E-state index in [1.165, 1.54) is 12.3 Å². The molecule has 1 unspecified atom stereocenters. The molecule has 0 radical (unpaired) electrons. The Bertz CT molecular complexity index is 365. The summed E-state index contributed by atoms with van der Waals surface area (Å²) in [7, 11) is 0. The SMILES string of the molecule is CC(C)CC(O)CNC(=O)c1ccc(F)nc1. The lowest BCUT2D eigenvalue weighted by atomic mass is 10.1. The van der Waals surface area contributed by atoms with Crippen LogP contribution in [0.5, 0.6) is 0 Å². The highest BCUT2D eigenvalue weighted by molar-refractivity contribution is 5.93. The molecule has 1 aromatic heterocycles. The molecule has 1 heterocycles. The molecule has 5 heteroatoms. The molecule has 0 saturated heterocycles. The number of nitrogens with zero attached hydrogens (tertiary/aromatic N) is 1. The summed E-state index contributed by atoms with van der Waals surface area (Å²) in [4.78, 5) is 14.9. The van der Waals surface area contributed by atoms with Gasteiger partial charge in [-0.1, -0.05) is 13.8 Å². The predicted octanol–water partition coefficient (Wildman–Crippen LogP) is 1.36. The first-order valence-corrected chi connectivity index (χ1v) is 5.57. The van der Waals surface area contributed by atoms with Crippen molar-refractivity contribution in [3.05, 3.63) is 29.8 Å². The van der Waals surface area contributed by atoms with Crippen molar-refractivity contribution >= 4 is 5.91 Å². The van der Waals surface area contributed by atoms with E-state index in [0.717, 1.165) is 6.07 Å². The molecule has 1 atom stereocenters. The molecule has 2 N–H and O–H groups in total. The predicted molar refractivity (Wildman–Crippen MR) is 62.0 cm³/mol. The van der Waals surface area contributed by atoms with Gasteiger partial charge in [0, 0.05) is 12.7 Å². The van der Waals surface area contributed by atoms with E-state index < -0.39 is 12.1 Å². The van der Waals surface area contributed by atoms with Gasteiger partial charge in [-0.25, -0.2) is 4.98 Å². The molecule has 0 aromatic carbocycles. The highest BCUT2D eigenvalue weighted by atomic mass is 19.1. The van der Waals surface area contributed by atoms with Gasteiger partial charge in [-0.15, -0.1) is 0 Å². The van der Waals surface area contributed by atoms with Gasteiger partial charge < -0.3 is 10.4 Å². The maximum atomic E-state index is 12.5. The van der Waals surface area contributed by atoms with Crippen LogP contribution < -0.4 is 5.32 Å². The number of aliphatic hydroxyl groups excluding tert-OH is 1. The van der Waals surface area contributed by atoms with Crippen LogP contribution >= 0.6 is 0 Å². The van der Waals surface area contributed by atoms with Crippen LogP contribution in [0.3, 0.4) is 0 Å². The summed E-state index contributed by atoms with van der Waals surface area (Å²) in [5, 5.41) is 12.1. The first kappa shape index (κ1) is 13.6. The van der Waals surface area contributed by atoms with E-state index in [1.54, 1.807) is 0 Å². The van der Waals surface area contributed by atoms with Gasteiger partial charge in [-0.3, -0.25) is 4.79 Å². The van der Waals surface area contributed by atoms with Crippen LogP contribution in [0.2, 0.25) is 0 Å². The number of carbonyl (C=O) groups is 1. The van der Waals surface area contributed by atoms with Gasteiger partial charge in [0.1, 0.15) is 0 Å². The van der Waals surface area contributed by atoms with Crippen molar-refractivity contribution in [2.24, 2.45) is 5.92 Å². The molecular weight excluding hydrogens is 223 g/mol. The minimum Gasteiger partial charge on any atom is -0.391 e. The van der Waals surface area contributed by atoms with E-state index >= 15 is 0 Å². The lowest BCUT2D eigenvalue weighted by molar-refractivity contribution is 0.0900. The van der Waals surface area contributed by atoms with E-state index in [4.69, 9.17) is 0 Å². The molecule has 1 rings (SSSR count). The fourth-order valence-corrected chi connectivity index (χ4v) is 1.45. The molecule has 94 valence electrons. The Balaban J connectivity index is 2.42. The Kier molecular flexibility index (Phi) is 5.03. The molecule has 1 amide bonds. The second kappa shape index (κ2) is 6.30. The third-order valence-electron chi connectivity index (χ3n) is 2.23. The number of nitrogens with one attached hydrogen (secondary N) is 1.